The predicted molar refractivity (Wildman–Crippen MR) is 78.3 cm³/mol. The zero-order chi connectivity index (χ0) is 14.1. The van der Waals surface area contributed by atoms with Crippen molar-refractivity contribution >= 4 is 21.6 Å². The quantitative estimate of drug-likeness (QED) is 0.688. The van der Waals surface area contributed by atoms with Crippen molar-refractivity contribution in [2.75, 3.05) is 30.1 Å². The second-order valence-electron chi connectivity index (χ2n) is 4.08. The van der Waals surface area contributed by atoms with Crippen molar-refractivity contribution in [1.82, 2.24) is 0 Å². The lowest BCUT2D eigenvalue weighted by Gasteiger charge is -2.05. The molecule has 1 rings (SSSR count). The first kappa shape index (κ1) is 15.9. The Morgan fingerprint density at radius 3 is 2.53 bits per heavy atom. The molecule has 1 aromatic rings. The number of sulfone groups is 1. The van der Waals surface area contributed by atoms with E-state index in [9.17, 15) is 8.42 Å². The monoisotopic (exact) mass is 299 g/mol. The fourth-order valence-corrected chi connectivity index (χ4v) is 3.50. The number of nitrogens with zero attached hydrogens (tertiary/aromatic N) is 1. The summed E-state index contributed by atoms with van der Waals surface area (Å²) in [6.45, 7) is 0.595. The third kappa shape index (κ3) is 7.75. The van der Waals surface area contributed by atoms with E-state index in [1.165, 1.54) is 6.26 Å². The average molecular weight is 299 g/mol. The molecule has 0 atom stereocenters. The van der Waals surface area contributed by atoms with Gasteiger partial charge in [0.1, 0.15) is 15.6 Å². The lowest BCUT2D eigenvalue weighted by molar-refractivity contribution is 0.318. The molecule has 0 bridgehead atoms. The Kier molecular flexibility index (Phi) is 6.74. The first-order chi connectivity index (χ1) is 9.01. The maximum atomic E-state index is 10.9. The number of nitriles is 1. The van der Waals surface area contributed by atoms with Gasteiger partial charge in [-0.3, -0.25) is 0 Å². The molecule has 0 unspecified atom stereocenters. The highest BCUT2D eigenvalue weighted by Gasteiger charge is 2.01. The van der Waals surface area contributed by atoms with Gasteiger partial charge < -0.3 is 4.74 Å². The highest BCUT2D eigenvalue weighted by molar-refractivity contribution is 8.00. The minimum atomic E-state index is -2.84. The van der Waals surface area contributed by atoms with E-state index in [0.717, 1.165) is 17.9 Å². The Balaban J connectivity index is 2.09. The van der Waals surface area contributed by atoms with Gasteiger partial charge in [-0.15, -0.1) is 0 Å². The summed E-state index contributed by atoms with van der Waals surface area (Å²) in [6.07, 6.45) is 2.12. The van der Waals surface area contributed by atoms with Crippen LogP contribution in [0.15, 0.2) is 24.3 Å². The van der Waals surface area contributed by atoms with Gasteiger partial charge in [0.05, 0.1) is 24.0 Å². The molecule has 0 radical (unpaired) electrons. The molecule has 0 aliphatic heterocycles. The van der Waals surface area contributed by atoms with Crippen LogP contribution in [0.4, 0.5) is 0 Å². The van der Waals surface area contributed by atoms with E-state index >= 15 is 0 Å². The molecule has 0 fully saturated rings. The summed E-state index contributed by atoms with van der Waals surface area (Å²) in [5, 5.41) is 8.65. The Bertz CT molecular complexity index is 518. The van der Waals surface area contributed by atoms with E-state index in [0.29, 0.717) is 17.9 Å². The van der Waals surface area contributed by atoms with Crippen molar-refractivity contribution in [3.63, 3.8) is 0 Å². The smallest absolute Gasteiger partial charge is 0.148 e. The van der Waals surface area contributed by atoms with Gasteiger partial charge in [0.2, 0.25) is 0 Å². The van der Waals surface area contributed by atoms with Crippen LogP contribution in [0.5, 0.6) is 5.75 Å². The molecule has 1 aromatic carbocycles. The summed E-state index contributed by atoms with van der Waals surface area (Å²) in [5.74, 6) is 2.50. The fraction of sp³-hybridized carbons (Fsp3) is 0.462. The summed E-state index contributed by atoms with van der Waals surface area (Å²) in [7, 11) is -2.84. The molecule has 0 aromatic heterocycles. The van der Waals surface area contributed by atoms with Gasteiger partial charge in [-0.25, -0.2) is 8.42 Å². The molecule has 0 spiro atoms. The number of benzene rings is 1. The van der Waals surface area contributed by atoms with E-state index in [-0.39, 0.29) is 5.75 Å². The number of rotatable bonds is 8. The standard InChI is InChI=1S/C13H17NO3S2/c1-19(15,16)10-9-18-8-2-7-17-13-5-3-12(11-14)4-6-13/h3-6H,2,7-10H2,1H3. The molecule has 0 amide bonds. The zero-order valence-electron chi connectivity index (χ0n) is 10.8. The highest BCUT2D eigenvalue weighted by Crippen LogP contribution is 2.12. The summed E-state index contributed by atoms with van der Waals surface area (Å²) in [5.41, 5.74) is 0.615. The second-order valence-corrected chi connectivity index (χ2v) is 7.56. The Morgan fingerprint density at radius 1 is 1.26 bits per heavy atom. The van der Waals surface area contributed by atoms with Crippen LogP contribution in [0.2, 0.25) is 0 Å². The highest BCUT2D eigenvalue weighted by atomic mass is 32.2. The molecule has 4 nitrogen and oxygen atoms in total. The Labute approximate surface area is 118 Å². The van der Waals surface area contributed by atoms with Gasteiger partial charge in [0, 0.05) is 12.0 Å². The summed E-state index contributed by atoms with van der Waals surface area (Å²) >= 11 is 1.62. The largest absolute Gasteiger partial charge is 0.494 e. The lowest BCUT2D eigenvalue weighted by atomic mass is 10.2. The van der Waals surface area contributed by atoms with Gasteiger partial charge in [0.15, 0.2) is 0 Å². The van der Waals surface area contributed by atoms with Gasteiger partial charge >= 0.3 is 0 Å². The van der Waals surface area contributed by atoms with E-state index in [1.807, 2.05) is 6.07 Å². The summed E-state index contributed by atoms with van der Waals surface area (Å²) < 4.78 is 27.3. The van der Waals surface area contributed by atoms with Crippen molar-refractivity contribution < 1.29 is 13.2 Å². The molecule has 0 aliphatic rings. The molecular weight excluding hydrogens is 282 g/mol. The topological polar surface area (TPSA) is 67.2 Å². The molecule has 0 saturated carbocycles. The van der Waals surface area contributed by atoms with Crippen LogP contribution in [0.1, 0.15) is 12.0 Å². The van der Waals surface area contributed by atoms with Crippen LogP contribution in [0, 0.1) is 11.3 Å². The normalized spacial score (nSPS) is 10.9. The van der Waals surface area contributed by atoms with Crippen molar-refractivity contribution in [1.29, 1.82) is 5.26 Å². The first-order valence-corrected chi connectivity index (χ1v) is 9.11. The fourth-order valence-electron chi connectivity index (χ4n) is 1.29. The van der Waals surface area contributed by atoms with E-state index in [4.69, 9.17) is 10.00 Å². The van der Waals surface area contributed by atoms with Crippen molar-refractivity contribution in [2.24, 2.45) is 0 Å². The lowest BCUT2D eigenvalue weighted by Crippen LogP contribution is -2.06. The molecule has 0 aliphatic carbocycles. The molecule has 104 valence electrons. The third-order valence-electron chi connectivity index (χ3n) is 2.28. The number of hydrogen-bond acceptors (Lipinski definition) is 5. The summed E-state index contributed by atoms with van der Waals surface area (Å²) in [6, 6.07) is 9.03. The van der Waals surface area contributed by atoms with Crippen LogP contribution >= 0.6 is 11.8 Å². The van der Waals surface area contributed by atoms with Crippen LogP contribution in [-0.2, 0) is 9.84 Å². The van der Waals surface area contributed by atoms with Crippen LogP contribution in [-0.4, -0.2) is 38.5 Å². The molecule has 0 heterocycles. The number of ether oxygens (including phenoxy) is 1. The second kappa shape index (κ2) is 8.08. The molecule has 0 saturated heterocycles. The predicted octanol–water partition coefficient (Wildman–Crippen LogP) is 2.10. The van der Waals surface area contributed by atoms with Crippen LogP contribution in [0.25, 0.3) is 0 Å². The Morgan fingerprint density at radius 2 is 1.95 bits per heavy atom. The summed E-state index contributed by atoms with van der Waals surface area (Å²) in [4.78, 5) is 0. The van der Waals surface area contributed by atoms with Crippen molar-refractivity contribution in [2.45, 2.75) is 6.42 Å². The van der Waals surface area contributed by atoms with Gasteiger partial charge in [-0.05, 0) is 36.4 Å². The van der Waals surface area contributed by atoms with Gasteiger partial charge in [-0.1, -0.05) is 0 Å². The molecule has 0 N–H and O–H groups in total. The maximum Gasteiger partial charge on any atom is 0.148 e. The maximum absolute atomic E-state index is 10.9. The Hall–Kier alpha value is -1.19. The third-order valence-corrected chi connectivity index (χ3v) is 4.56. The van der Waals surface area contributed by atoms with Crippen LogP contribution < -0.4 is 4.74 Å². The first-order valence-electron chi connectivity index (χ1n) is 5.90. The molecule has 19 heavy (non-hydrogen) atoms. The van der Waals surface area contributed by atoms with Gasteiger partial charge in [-0.2, -0.15) is 17.0 Å². The number of hydrogen-bond donors (Lipinski definition) is 0. The van der Waals surface area contributed by atoms with Gasteiger partial charge in [0.25, 0.3) is 0 Å². The molecule has 6 heteroatoms. The van der Waals surface area contributed by atoms with E-state index in [2.05, 4.69) is 0 Å². The SMILES string of the molecule is CS(=O)(=O)CCSCCCOc1ccc(C#N)cc1. The average Bonchev–Trinajstić information content (AvgIpc) is 2.37. The van der Waals surface area contributed by atoms with Crippen LogP contribution in [0.3, 0.4) is 0 Å². The zero-order valence-corrected chi connectivity index (χ0v) is 12.5. The molecular formula is C13H17NO3S2. The van der Waals surface area contributed by atoms with Crippen molar-refractivity contribution in [3.05, 3.63) is 29.8 Å². The van der Waals surface area contributed by atoms with E-state index in [1.54, 1.807) is 36.0 Å². The van der Waals surface area contributed by atoms with E-state index < -0.39 is 9.84 Å². The number of thioether (sulfide) groups is 1. The minimum Gasteiger partial charge on any atom is -0.494 e. The van der Waals surface area contributed by atoms with Crippen molar-refractivity contribution in [3.8, 4) is 11.8 Å². The minimum absolute atomic E-state index is 0.230.